The number of halogens is 1. The Morgan fingerprint density at radius 3 is 2.43 bits per heavy atom. The van der Waals surface area contributed by atoms with Crippen molar-refractivity contribution in [2.75, 3.05) is 19.6 Å². The maximum absolute atomic E-state index is 12.8. The Morgan fingerprint density at radius 1 is 1.11 bits per heavy atom. The van der Waals surface area contributed by atoms with Gasteiger partial charge in [-0.1, -0.05) is 61.8 Å². The number of rotatable bonds is 7. The highest BCUT2D eigenvalue weighted by atomic mass is 35.5. The number of hydrogen-bond donors (Lipinski definition) is 2. The smallest absolute Gasteiger partial charge is 0.272 e. The van der Waals surface area contributed by atoms with E-state index in [1.54, 1.807) is 24.3 Å². The van der Waals surface area contributed by atoms with E-state index in [1.807, 2.05) is 24.3 Å². The number of nitrogens with zero attached hydrogens (tertiary/aromatic N) is 2. The summed E-state index contributed by atoms with van der Waals surface area (Å²) in [4.78, 5) is 27.0. The summed E-state index contributed by atoms with van der Waals surface area (Å²) < 4.78 is 0. The molecule has 6 nitrogen and oxygen atoms in total. The Kier molecular flexibility index (Phi) is 6.44. The van der Waals surface area contributed by atoms with Crippen LogP contribution in [0.25, 0.3) is 10.8 Å². The summed E-state index contributed by atoms with van der Waals surface area (Å²) in [5.41, 5.74) is 0.851. The monoisotopic (exact) mass is 398 g/mol. The summed E-state index contributed by atoms with van der Waals surface area (Å²) in [7, 11) is 0. The molecule has 1 aromatic heterocycles. The lowest BCUT2D eigenvalue weighted by atomic mass is 10.0. The second-order valence-electron chi connectivity index (χ2n) is 6.42. The highest BCUT2D eigenvalue weighted by molar-refractivity contribution is 6.31. The highest BCUT2D eigenvalue weighted by Gasteiger charge is 2.22. The first-order valence-corrected chi connectivity index (χ1v) is 9.68. The number of fused-ring (bicyclic) bond motifs is 1. The van der Waals surface area contributed by atoms with Crippen LogP contribution in [0.3, 0.4) is 0 Å². The van der Waals surface area contributed by atoms with Crippen molar-refractivity contribution in [1.82, 2.24) is 20.4 Å². The summed E-state index contributed by atoms with van der Waals surface area (Å²) in [5.74, 6) is -0.336. The Hall–Kier alpha value is -2.70. The number of carbonyl (C=O) groups is 1. The van der Waals surface area contributed by atoms with Gasteiger partial charge < -0.3 is 5.32 Å². The lowest BCUT2D eigenvalue weighted by Gasteiger charge is -2.30. The van der Waals surface area contributed by atoms with Gasteiger partial charge in [0.25, 0.3) is 11.5 Å². The third-order valence-electron chi connectivity index (χ3n) is 4.88. The number of likely N-dealkylation sites (N-methyl/N-ethyl adjacent to an activating group) is 1. The molecule has 0 saturated carbocycles. The number of amides is 1. The standard InChI is InChI=1S/C21H23ClN4O2/c1-3-26(4-2)18(16-11-7-8-12-17(16)22)13-23-21(28)19-14-9-5-6-10-15(14)20(27)25-24-19/h5-12,18H,3-4,13H2,1-2H3,(H,23,28)(H,25,27). The molecule has 0 aliphatic heterocycles. The van der Waals surface area contributed by atoms with Gasteiger partial charge >= 0.3 is 0 Å². The predicted octanol–water partition coefficient (Wildman–Crippen LogP) is 3.39. The van der Waals surface area contributed by atoms with Crippen LogP contribution in [0.1, 0.15) is 35.9 Å². The Labute approximate surface area is 168 Å². The number of aromatic amines is 1. The van der Waals surface area contributed by atoms with Gasteiger partial charge in [0.2, 0.25) is 0 Å². The minimum atomic E-state index is -0.336. The number of nitrogens with one attached hydrogen (secondary N) is 2. The molecule has 7 heteroatoms. The fraction of sp³-hybridized carbons (Fsp3) is 0.286. The molecule has 3 rings (SSSR count). The summed E-state index contributed by atoms with van der Waals surface area (Å²) in [6, 6.07) is 14.5. The van der Waals surface area contributed by atoms with Crippen LogP contribution in [0.15, 0.2) is 53.3 Å². The van der Waals surface area contributed by atoms with Crippen LogP contribution in [0.5, 0.6) is 0 Å². The predicted molar refractivity (Wildman–Crippen MR) is 112 cm³/mol. The van der Waals surface area contributed by atoms with E-state index in [0.29, 0.717) is 22.3 Å². The van der Waals surface area contributed by atoms with E-state index in [2.05, 4.69) is 34.3 Å². The van der Waals surface area contributed by atoms with E-state index in [0.717, 1.165) is 18.7 Å². The Balaban J connectivity index is 1.88. The maximum atomic E-state index is 12.8. The molecule has 1 atom stereocenters. The van der Waals surface area contributed by atoms with Gasteiger partial charge in [0.15, 0.2) is 5.69 Å². The van der Waals surface area contributed by atoms with Crippen LogP contribution in [-0.4, -0.2) is 40.6 Å². The van der Waals surface area contributed by atoms with Crippen LogP contribution < -0.4 is 10.9 Å². The van der Waals surface area contributed by atoms with Crippen molar-refractivity contribution in [2.24, 2.45) is 0 Å². The van der Waals surface area contributed by atoms with Crippen LogP contribution in [0.4, 0.5) is 0 Å². The zero-order valence-corrected chi connectivity index (χ0v) is 16.7. The third kappa shape index (κ3) is 4.08. The Bertz CT molecular complexity index is 1030. The van der Waals surface area contributed by atoms with E-state index >= 15 is 0 Å². The lowest BCUT2D eigenvalue weighted by molar-refractivity contribution is 0.0930. The first-order valence-electron chi connectivity index (χ1n) is 9.30. The zero-order valence-electron chi connectivity index (χ0n) is 15.9. The quantitative estimate of drug-likeness (QED) is 0.639. The first kappa shape index (κ1) is 20.0. The van der Waals surface area contributed by atoms with Gasteiger partial charge in [-0.25, -0.2) is 5.10 Å². The maximum Gasteiger partial charge on any atom is 0.272 e. The molecular weight excluding hydrogens is 376 g/mol. The van der Waals surface area contributed by atoms with Gasteiger partial charge in [0.1, 0.15) is 0 Å². The summed E-state index contributed by atoms with van der Waals surface area (Å²) >= 11 is 6.41. The fourth-order valence-corrected chi connectivity index (χ4v) is 3.67. The minimum Gasteiger partial charge on any atom is -0.349 e. The number of carbonyl (C=O) groups excluding carboxylic acids is 1. The highest BCUT2D eigenvalue weighted by Crippen LogP contribution is 2.27. The molecule has 146 valence electrons. The van der Waals surface area contributed by atoms with E-state index in [1.165, 1.54) is 0 Å². The van der Waals surface area contributed by atoms with Gasteiger partial charge in [-0.3, -0.25) is 14.5 Å². The third-order valence-corrected chi connectivity index (χ3v) is 5.23. The van der Waals surface area contributed by atoms with Crippen molar-refractivity contribution in [3.63, 3.8) is 0 Å². The molecule has 1 heterocycles. The molecule has 0 aliphatic carbocycles. The number of hydrogen-bond acceptors (Lipinski definition) is 4. The average molecular weight is 399 g/mol. The van der Waals surface area contributed by atoms with Crippen molar-refractivity contribution in [3.05, 3.63) is 75.2 Å². The Morgan fingerprint density at radius 2 is 1.75 bits per heavy atom. The van der Waals surface area contributed by atoms with Crippen molar-refractivity contribution in [2.45, 2.75) is 19.9 Å². The van der Waals surface area contributed by atoms with Crippen LogP contribution in [-0.2, 0) is 0 Å². The van der Waals surface area contributed by atoms with Crippen LogP contribution in [0, 0.1) is 0 Å². The van der Waals surface area contributed by atoms with Gasteiger partial charge in [-0.15, -0.1) is 0 Å². The molecule has 0 bridgehead atoms. The average Bonchev–Trinajstić information content (AvgIpc) is 2.72. The molecular formula is C21H23ClN4O2. The van der Waals surface area contributed by atoms with Gasteiger partial charge in [-0.05, 0) is 30.8 Å². The van der Waals surface area contributed by atoms with Gasteiger partial charge in [0, 0.05) is 17.0 Å². The zero-order chi connectivity index (χ0) is 20.1. The number of benzene rings is 2. The van der Waals surface area contributed by atoms with Gasteiger partial charge in [0.05, 0.1) is 11.4 Å². The molecule has 1 unspecified atom stereocenters. The summed E-state index contributed by atoms with van der Waals surface area (Å²) in [6.45, 7) is 6.17. The molecule has 28 heavy (non-hydrogen) atoms. The molecule has 2 N–H and O–H groups in total. The van der Waals surface area contributed by atoms with E-state index in [4.69, 9.17) is 11.6 Å². The molecule has 2 aromatic carbocycles. The van der Waals surface area contributed by atoms with Crippen molar-refractivity contribution >= 4 is 28.3 Å². The fourth-order valence-electron chi connectivity index (χ4n) is 3.41. The van der Waals surface area contributed by atoms with Crippen molar-refractivity contribution in [1.29, 1.82) is 0 Å². The van der Waals surface area contributed by atoms with E-state index < -0.39 is 0 Å². The second kappa shape index (κ2) is 8.99. The normalized spacial score (nSPS) is 12.3. The van der Waals surface area contributed by atoms with E-state index in [-0.39, 0.29) is 23.2 Å². The second-order valence-corrected chi connectivity index (χ2v) is 6.82. The topological polar surface area (TPSA) is 78.1 Å². The molecule has 0 aliphatic rings. The number of aromatic nitrogens is 2. The van der Waals surface area contributed by atoms with Crippen molar-refractivity contribution < 1.29 is 4.79 Å². The first-order chi connectivity index (χ1) is 13.6. The van der Waals surface area contributed by atoms with E-state index in [9.17, 15) is 9.59 Å². The largest absolute Gasteiger partial charge is 0.349 e. The summed E-state index contributed by atoms with van der Waals surface area (Å²) in [5, 5.41) is 11.0. The van der Waals surface area contributed by atoms with Crippen LogP contribution >= 0.6 is 11.6 Å². The summed E-state index contributed by atoms with van der Waals surface area (Å²) in [6.07, 6.45) is 0. The lowest BCUT2D eigenvalue weighted by Crippen LogP contribution is -2.38. The molecule has 0 radical (unpaired) electrons. The molecule has 0 fully saturated rings. The van der Waals surface area contributed by atoms with Gasteiger partial charge in [-0.2, -0.15) is 5.10 Å². The minimum absolute atomic E-state index is 0.0679. The molecule has 3 aromatic rings. The van der Waals surface area contributed by atoms with Crippen molar-refractivity contribution in [3.8, 4) is 0 Å². The number of H-pyrrole nitrogens is 1. The molecule has 0 spiro atoms. The molecule has 0 saturated heterocycles. The molecule has 1 amide bonds. The van der Waals surface area contributed by atoms with Crippen LogP contribution in [0.2, 0.25) is 5.02 Å². The SMILES string of the molecule is CCN(CC)C(CNC(=O)c1n[nH]c(=O)c2ccccc12)c1ccccc1Cl.